The molecule has 6 nitrogen and oxygen atoms in total. The quantitative estimate of drug-likeness (QED) is 0.847. The number of hydrogen-bond acceptors (Lipinski definition) is 4. The Morgan fingerprint density at radius 3 is 2.45 bits per heavy atom. The summed E-state index contributed by atoms with van der Waals surface area (Å²) in [5.74, 6) is -0.796. The summed E-state index contributed by atoms with van der Waals surface area (Å²) in [6.07, 6.45) is 0.196. The van der Waals surface area contributed by atoms with Crippen molar-refractivity contribution in [1.82, 2.24) is 5.43 Å². The molecule has 0 bridgehead atoms. The highest BCUT2D eigenvalue weighted by molar-refractivity contribution is 6.01. The van der Waals surface area contributed by atoms with Crippen molar-refractivity contribution in [2.45, 2.75) is 32.8 Å². The largest absolute Gasteiger partial charge is 0.459 e. The molecular formula is C14H16N2O4. The topological polar surface area (TPSA) is 75.7 Å². The van der Waals surface area contributed by atoms with Crippen molar-refractivity contribution in [3.8, 4) is 0 Å². The molecule has 1 N–H and O–H groups in total. The lowest BCUT2D eigenvalue weighted by Gasteiger charge is -2.27. The molecule has 1 heterocycles. The summed E-state index contributed by atoms with van der Waals surface area (Å²) in [5.41, 5.74) is 3.41. The van der Waals surface area contributed by atoms with Crippen LogP contribution in [0.1, 0.15) is 37.0 Å². The molecule has 0 spiro atoms. The van der Waals surface area contributed by atoms with E-state index in [1.54, 1.807) is 38.1 Å². The number of hydrazine groups is 1. The molecule has 0 unspecified atom stereocenters. The predicted molar refractivity (Wildman–Crippen MR) is 71.9 cm³/mol. The molecular weight excluding hydrogens is 260 g/mol. The zero-order chi connectivity index (χ0) is 14.7. The number of anilines is 1. The molecule has 0 saturated carbocycles. The molecule has 1 fully saturated rings. The molecule has 106 valence electrons. The van der Waals surface area contributed by atoms with Crippen molar-refractivity contribution in [2.75, 3.05) is 5.01 Å². The summed E-state index contributed by atoms with van der Waals surface area (Å²) in [6, 6.07) is 6.32. The molecule has 0 aliphatic carbocycles. The zero-order valence-corrected chi connectivity index (χ0v) is 11.4. The van der Waals surface area contributed by atoms with E-state index in [1.165, 1.54) is 5.01 Å². The lowest BCUT2D eigenvalue weighted by Crippen LogP contribution is -2.50. The van der Waals surface area contributed by atoms with Crippen molar-refractivity contribution in [2.24, 2.45) is 0 Å². The Hall–Kier alpha value is -2.37. The first-order valence-electron chi connectivity index (χ1n) is 6.41. The summed E-state index contributed by atoms with van der Waals surface area (Å²) in [5, 5.41) is 1.20. The Morgan fingerprint density at radius 1 is 1.20 bits per heavy atom. The number of benzene rings is 1. The summed E-state index contributed by atoms with van der Waals surface area (Å²) < 4.78 is 5.07. The van der Waals surface area contributed by atoms with Gasteiger partial charge in [-0.3, -0.25) is 15.0 Å². The molecule has 0 atom stereocenters. The Kier molecular flexibility index (Phi) is 4.02. The maximum atomic E-state index is 11.7. The van der Waals surface area contributed by atoms with Crippen molar-refractivity contribution >= 4 is 23.5 Å². The zero-order valence-electron chi connectivity index (χ0n) is 11.4. The van der Waals surface area contributed by atoms with Gasteiger partial charge >= 0.3 is 5.97 Å². The average molecular weight is 276 g/mol. The minimum Gasteiger partial charge on any atom is -0.459 e. The fourth-order valence-electron chi connectivity index (χ4n) is 1.81. The highest BCUT2D eigenvalue weighted by Gasteiger charge is 2.24. The van der Waals surface area contributed by atoms with Crippen LogP contribution in [0.15, 0.2) is 24.3 Å². The van der Waals surface area contributed by atoms with Gasteiger partial charge in [0.05, 0.1) is 17.4 Å². The van der Waals surface area contributed by atoms with Gasteiger partial charge < -0.3 is 4.74 Å². The second-order valence-electron chi connectivity index (χ2n) is 4.77. The van der Waals surface area contributed by atoms with Gasteiger partial charge in [-0.25, -0.2) is 9.80 Å². The summed E-state index contributed by atoms with van der Waals surface area (Å²) in [4.78, 5) is 34.7. The van der Waals surface area contributed by atoms with Crippen LogP contribution in [0.25, 0.3) is 0 Å². The van der Waals surface area contributed by atoms with Gasteiger partial charge in [0, 0.05) is 12.8 Å². The molecule has 6 heteroatoms. The van der Waals surface area contributed by atoms with Crippen LogP contribution in [0.5, 0.6) is 0 Å². The van der Waals surface area contributed by atoms with Crippen LogP contribution >= 0.6 is 0 Å². The first kappa shape index (κ1) is 14.0. The van der Waals surface area contributed by atoms with E-state index in [-0.39, 0.29) is 30.8 Å². The van der Waals surface area contributed by atoms with E-state index < -0.39 is 5.97 Å². The molecule has 2 rings (SSSR count). The van der Waals surface area contributed by atoms with Crippen LogP contribution in [-0.4, -0.2) is 23.9 Å². The van der Waals surface area contributed by atoms with Gasteiger partial charge in [0.1, 0.15) is 0 Å². The first-order valence-corrected chi connectivity index (χ1v) is 6.41. The van der Waals surface area contributed by atoms with Crippen molar-refractivity contribution in [3.05, 3.63) is 29.8 Å². The fraction of sp³-hybridized carbons (Fsp3) is 0.357. The van der Waals surface area contributed by atoms with Crippen LogP contribution in [0.4, 0.5) is 5.69 Å². The van der Waals surface area contributed by atoms with E-state index in [9.17, 15) is 14.4 Å². The van der Waals surface area contributed by atoms with Gasteiger partial charge in [-0.2, -0.15) is 0 Å². The van der Waals surface area contributed by atoms with Crippen LogP contribution in [0.3, 0.4) is 0 Å². The third-order valence-electron chi connectivity index (χ3n) is 2.76. The normalized spacial score (nSPS) is 15.2. The minimum atomic E-state index is -0.416. The van der Waals surface area contributed by atoms with Crippen LogP contribution in [0.2, 0.25) is 0 Å². The van der Waals surface area contributed by atoms with E-state index in [0.29, 0.717) is 11.3 Å². The van der Waals surface area contributed by atoms with Gasteiger partial charge in [-0.15, -0.1) is 0 Å². The summed E-state index contributed by atoms with van der Waals surface area (Å²) in [7, 11) is 0. The van der Waals surface area contributed by atoms with Crippen LogP contribution in [0, 0.1) is 0 Å². The number of hydrogen-bond donors (Lipinski definition) is 1. The van der Waals surface area contributed by atoms with E-state index >= 15 is 0 Å². The second-order valence-corrected chi connectivity index (χ2v) is 4.77. The second kappa shape index (κ2) is 5.73. The van der Waals surface area contributed by atoms with Crippen molar-refractivity contribution < 1.29 is 19.1 Å². The molecule has 1 aromatic rings. The molecule has 0 aromatic heterocycles. The molecule has 1 aliphatic heterocycles. The number of amides is 2. The Bertz CT molecular complexity index is 537. The van der Waals surface area contributed by atoms with E-state index in [1.807, 2.05) is 0 Å². The van der Waals surface area contributed by atoms with Crippen LogP contribution in [-0.2, 0) is 14.3 Å². The van der Waals surface area contributed by atoms with Gasteiger partial charge in [-0.05, 0) is 38.1 Å². The Morgan fingerprint density at radius 2 is 1.85 bits per heavy atom. The number of nitrogens with zero attached hydrogens (tertiary/aromatic N) is 1. The molecule has 1 saturated heterocycles. The average Bonchev–Trinajstić information content (AvgIpc) is 2.41. The maximum absolute atomic E-state index is 11.7. The smallest absolute Gasteiger partial charge is 0.338 e. The number of nitrogens with one attached hydrogen (secondary N) is 1. The standard InChI is InChI=1S/C14H16N2O4/c1-9(2)20-14(19)10-3-5-11(6-4-10)16-13(18)8-7-12(17)15-16/h3-6,9H,7-8H2,1-2H3,(H,15,17). The number of esters is 1. The summed E-state index contributed by atoms with van der Waals surface area (Å²) >= 11 is 0. The highest BCUT2D eigenvalue weighted by Crippen LogP contribution is 2.18. The Balaban J connectivity index is 2.13. The molecule has 20 heavy (non-hydrogen) atoms. The minimum absolute atomic E-state index is 0.179. The first-order chi connectivity index (χ1) is 9.47. The van der Waals surface area contributed by atoms with E-state index in [0.717, 1.165) is 0 Å². The monoisotopic (exact) mass is 276 g/mol. The number of ether oxygens (including phenoxy) is 1. The predicted octanol–water partition coefficient (Wildman–Crippen LogP) is 1.41. The fourth-order valence-corrected chi connectivity index (χ4v) is 1.81. The number of rotatable bonds is 3. The molecule has 1 aliphatic rings. The van der Waals surface area contributed by atoms with Gasteiger partial charge in [0.2, 0.25) is 11.8 Å². The molecule has 0 radical (unpaired) electrons. The lowest BCUT2D eigenvalue weighted by atomic mass is 10.1. The van der Waals surface area contributed by atoms with Crippen molar-refractivity contribution in [1.29, 1.82) is 0 Å². The van der Waals surface area contributed by atoms with Gasteiger partial charge in [-0.1, -0.05) is 0 Å². The Labute approximate surface area is 116 Å². The SMILES string of the molecule is CC(C)OC(=O)c1ccc(N2NC(=O)CCC2=O)cc1. The highest BCUT2D eigenvalue weighted by atomic mass is 16.5. The number of carbonyl (C=O) groups is 3. The maximum Gasteiger partial charge on any atom is 0.338 e. The number of carbonyl (C=O) groups excluding carboxylic acids is 3. The van der Waals surface area contributed by atoms with E-state index in [4.69, 9.17) is 4.74 Å². The molecule has 1 aromatic carbocycles. The van der Waals surface area contributed by atoms with Crippen molar-refractivity contribution in [3.63, 3.8) is 0 Å². The van der Waals surface area contributed by atoms with E-state index in [2.05, 4.69) is 5.43 Å². The third-order valence-corrected chi connectivity index (χ3v) is 2.76. The van der Waals surface area contributed by atoms with Gasteiger partial charge in [0.15, 0.2) is 0 Å². The summed E-state index contributed by atoms with van der Waals surface area (Å²) in [6.45, 7) is 3.54. The van der Waals surface area contributed by atoms with Gasteiger partial charge in [0.25, 0.3) is 0 Å². The lowest BCUT2D eigenvalue weighted by molar-refractivity contribution is -0.130. The van der Waals surface area contributed by atoms with Crippen LogP contribution < -0.4 is 10.4 Å². The third kappa shape index (κ3) is 3.14. The molecule has 2 amide bonds.